The molecule has 0 radical (unpaired) electrons. The number of carbonyl (C=O) groups excluding carboxylic acids is 1. The number of hydrogen-bond acceptors (Lipinski definition) is 3. The number of nitrogens with zero attached hydrogens (tertiary/aromatic N) is 1. The Morgan fingerprint density at radius 3 is 2.70 bits per heavy atom. The van der Waals surface area contributed by atoms with Crippen LogP contribution in [-0.4, -0.2) is 24.6 Å². The van der Waals surface area contributed by atoms with E-state index in [1.165, 1.54) is 5.56 Å². The summed E-state index contributed by atoms with van der Waals surface area (Å²) in [6.45, 7) is 0.931. The lowest BCUT2D eigenvalue weighted by Crippen LogP contribution is -2.26. The Hall–Kier alpha value is -2.49. The second kappa shape index (κ2) is 4.89. The standard InChI is InChI=1S/C16H16N2O2/c1-18(13-4-6-14(19)7-5-13)16(20)12-3-2-11-8-9-17-15(11)10-12/h2-7,10,17,19H,8-9H2,1H3. The van der Waals surface area contributed by atoms with Crippen molar-refractivity contribution in [3.63, 3.8) is 0 Å². The van der Waals surface area contributed by atoms with Gasteiger partial charge in [-0.3, -0.25) is 4.79 Å². The van der Waals surface area contributed by atoms with E-state index in [4.69, 9.17) is 0 Å². The summed E-state index contributed by atoms with van der Waals surface area (Å²) in [6, 6.07) is 12.4. The van der Waals surface area contributed by atoms with Crippen molar-refractivity contribution >= 4 is 17.3 Å². The topological polar surface area (TPSA) is 52.6 Å². The smallest absolute Gasteiger partial charge is 0.258 e. The van der Waals surface area contributed by atoms with Crippen LogP contribution in [0.2, 0.25) is 0 Å². The molecule has 0 bridgehead atoms. The third-order valence-electron chi connectivity index (χ3n) is 3.61. The summed E-state index contributed by atoms with van der Waals surface area (Å²) < 4.78 is 0. The molecule has 0 aromatic heterocycles. The average Bonchev–Trinajstić information content (AvgIpc) is 2.94. The molecule has 4 heteroatoms. The van der Waals surface area contributed by atoms with Crippen molar-refractivity contribution in [3.8, 4) is 5.75 Å². The summed E-state index contributed by atoms with van der Waals surface area (Å²) in [5.74, 6) is 0.128. The van der Waals surface area contributed by atoms with Crippen molar-refractivity contribution in [2.75, 3.05) is 23.8 Å². The summed E-state index contributed by atoms with van der Waals surface area (Å²) in [5, 5.41) is 12.6. The van der Waals surface area contributed by atoms with Crippen molar-refractivity contribution in [3.05, 3.63) is 53.6 Å². The van der Waals surface area contributed by atoms with Crippen molar-refractivity contribution in [2.45, 2.75) is 6.42 Å². The molecule has 1 heterocycles. The quantitative estimate of drug-likeness (QED) is 0.880. The van der Waals surface area contributed by atoms with E-state index >= 15 is 0 Å². The van der Waals surface area contributed by atoms with Gasteiger partial charge in [0.2, 0.25) is 0 Å². The van der Waals surface area contributed by atoms with Crippen LogP contribution in [0.25, 0.3) is 0 Å². The summed E-state index contributed by atoms with van der Waals surface area (Å²) in [6.07, 6.45) is 1.01. The normalized spacial score (nSPS) is 12.7. The molecule has 0 aliphatic carbocycles. The molecular weight excluding hydrogens is 252 g/mol. The van der Waals surface area contributed by atoms with E-state index in [9.17, 15) is 9.90 Å². The second-order valence-corrected chi connectivity index (χ2v) is 4.93. The van der Waals surface area contributed by atoms with Crippen LogP contribution in [0.1, 0.15) is 15.9 Å². The first kappa shape index (κ1) is 12.5. The van der Waals surface area contributed by atoms with Gasteiger partial charge in [-0.2, -0.15) is 0 Å². The maximum absolute atomic E-state index is 12.5. The molecular formula is C16H16N2O2. The number of phenolic OH excluding ortho intramolecular Hbond substituents is 1. The number of amides is 1. The lowest BCUT2D eigenvalue weighted by atomic mass is 10.1. The molecule has 1 aliphatic rings. The van der Waals surface area contributed by atoms with Crippen molar-refractivity contribution in [2.24, 2.45) is 0 Å². The average molecular weight is 268 g/mol. The van der Waals surface area contributed by atoms with E-state index < -0.39 is 0 Å². The van der Waals surface area contributed by atoms with Crippen LogP contribution in [0.15, 0.2) is 42.5 Å². The fourth-order valence-electron chi connectivity index (χ4n) is 2.41. The number of hydrogen-bond donors (Lipinski definition) is 2. The third-order valence-corrected chi connectivity index (χ3v) is 3.61. The van der Waals surface area contributed by atoms with Gasteiger partial charge in [-0.05, 0) is 48.4 Å². The molecule has 20 heavy (non-hydrogen) atoms. The highest BCUT2D eigenvalue weighted by Gasteiger charge is 2.17. The van der Waals surface area contributed by atoms with Crippen LogP contribution in [0.3, 0.4) is 0 Å². The minimum atomic E-state index is -0.0628. The van der Waals surface area contributed by atoms with Gasteiger partial charge in [-0.1, -0.05) is 6.07 Å². The van der Waals surface area contributed by atoms with E-state index in [1.54, 1.807) is 36.2 Å². The molecule has 0 saturated carbocycles. The second-order valence-electron chi connectivity index (χ2n) is 4.93. The van der Waals surface area contributed by atoms with Crippen LogP contribution in [0.5, 0.6) is 5.75 Å². The zero-order valence-electron chi connectivity index (χ0n) is 11.3. The third kappa shape index (κ3) is 2.20. The van der Waals surface area contributed by atoms with Gasteiger partial charge in [-0.15, -0.1) is 0 Å². The molecule has 0 spiro atoms. The first-order chi connectivity index (χ1) is 9.65. The fraction of sp³-hybridized carbons (Fsp3) is 0.188. The van der Waals surface area contributed by atoms with Gasteiger partial charge in [0.1, 0.15) is 5.75 Å². The van der Waals surface area contributed by atoms with Crippen LogP contribution in [-0.2, 0) is 6.42 Å². The summed E-state index contributed by atoms with van der Waals surface area (Å²) in [4.78, 5) is 14.0. The SMILES string of the molecule is CN(C(=O)c1ccc2c(c1)NCC2)c1ccc(O)cc1. The molecule has 3 rings (SSSR count). The Labute approximate surface area is 117 Å². The Morgan fingerprint density at radius 1 is 1.20 bits per heavy atom. The van der Waals surface area contributed by atoms with Gasteiger partial charge in [0.15, 0.2) is 0 Å². The monoisotopic (exact) mass is 268 g/mol. The predicted molar refractivity (Wildman–Crippen MR) is 79.5 cm³/mol. The minimum Gasteiger partial charge on any atom is -0.508 e. The van der Waals surface area contributed by atoms with Crippen LogP contribution < -0.4 is 10.2 Å². The van der Waals surface area contributed by atoms with Gasteiger partial charge in [0.25, 0.3) is 5.91 Å². The Balaban J connectivity index is 1.86. The van der Waals surface area contributed by atoms with Crippen molar-refractivity contribution < 1.29 is 9.90 Å². The van der Waals surface area contributed by atoms with E-state index in [0.717, 1.165) is 24.3 Å². The fourth-order valence-corrected chi connectivity index (χ4v) is 2.41. The molecule has 2 aromatic carbocycles. The molecule has 1 amide bonds. The highest BCUT2D eigenvalue weighted by molar-refractivity contribution is 6.06. The molecule has 2 aromatic rings. The van der Waals surface area contributed by atoms with Gasteiger partial charge in [0, 0.05) is 30.5 Å². The lowest BCUT2D eigenvalue weighted by Gasteiger charge is -2.18. The minimum absolute atomic E-state index is 0.0628. The van der Waals surface area contributed by atoms with Crippen molar-refractivity contribution in [1.82, 2.24) is 0 Å². The Morgan fingerprint density at radius 2 is 1.95 bits per heavy atom. The first-order valence-electron chi connectivity index (χ1n) is 6.59. The molecule has 0 unspecified atom stereocenters. The van der Waals surface area contributed by atoms with Crippen LogP contribution >= 0.6 is 0 Å². The number of aromatic hydroxyl groups is 1. The zero-order chi connectivity index (χ0) is 14.1. The number of carbonyl (C=O) groups is 1. The summed E-state index contributed by atoms with van der Waals surface area (Å²) in [5.41, 5.74) is 3.72. The largest absolute Gasteiger partial charge is 0.508 e. The first-order valence-corrected chi connectivity index (χ1v) is 6.59. The number of phenols is 1. The van der Waals surface area contributed by atoms with Gasteiger partial charge < -0.3 is 15.3 Å². The predicted octanol–water partition coefficient (Wildman–Crippen LogP) is 2.64. The van der Waals surface area contributed by atoms with Crippen molar-refractivity contribution in [1.29, 1.82) is 0 Å². The molecule has 0 saturated heterocycles. The number of rotatable bonds is 2. The number of nitrogens with one attached hydrogen (secondary N) is 1. The van der Waals surface area contributed by atoms with Gasteiger partial charge in [-0.25, -0.2) is 0 Å². The molecule has 102 valence electrons. The van der Waals surface area contributed by atoms with E-state index in [0.29, 0.717) is 5.56 Å². The molecule has 4 nitrogen and oxygen atoms in total. The van der Waals surface area contributed by atoms with E-state index in [2.05, 4.69) is 5.32 Å². The highest BCUT2D eigenvalue weighted by Crippen LogP contribution is 2.25. The van der Waals surface area contributed by atoms with E-state index in [1.807, 2.05) is 18.2 Å². The molecule has 0 fully saturated rings. The molecule has 0 atom stereocenters. The Kier molecular flexibility index (Phi) is 3.06. The molecule has 2 N–H and O–H groups in total. The zero-order valence-corrected chi connectivity index (χ0v) is 11.3. The maximum atomic E-state index is 12.5. The van der Waals surface area contributed by atoms with E-state index in [-0.39, 0.29) is 11.7 Å². The molecule has 1 aliphatic heterocycles. The number of benzene rings is 2. The van der Waals surface area contributed by atoms with Crippen LogP contribution in [0.4, 0.5) is 11.4 Å². The highest BCUT2D eigenvalue weighted by atomic mass is 16.3. The maximum Gasteiger partial charge on any atom is 0.258 e. The van der Waals surface area contributed by atoms with Gasteiger partial charge in [0.05, 0.1) is 0 Å². The number of fused-ring (bicyclic) bond motifs is 1. The Bertz CT molecular complexity index is 650. The van der Waals surface area contributed by atoms with Gasteiger partial charge >= 0.3 is 0 Å². The number of anilines is 2. The van der Waals surface area contributed by atoms with Crippen LogP contribution in [0, 0.1) is 0 Å². The lowest BCUT2D eigenvalue weighted by molar-refractivity contribution is 0.0993. The summed E-state index contributed by atoms with van der Waals surface area (Å²) >= 11 is 0. The summed E-state index contributed by atoms with van der Waals surface area (Å²) in [7, 11) is 1.73.